The average Bonchev–Trinajstić information content (AvgIpc) is 2.16. The van der Waals surface area contributed by atoms with Crippen LogP contribution in [0.4, 0.5) is 17.6 Å². The number of halogens is 4. The maximum Gasteiger partial charge on any atom is 0.416 e. The van der Waals surface area contributed by atoms with Gasteiger partial charge in [0.1, 0.15) is 5.82 Å². The highest BCUT2D eigenvalue weighted by Crippen LogP contribution is 2.30. The van der Waals surface area contributed by atoms with Gasteiger partial charge in [0.05, 0.1) is 5.56 Å². The minimum atomic E-state index is -4.55. The van der Waals surface area contributed by atoms with Crippen LogP contribution in [0, 0.1) is 17.7 Å². The normalized spacial score (nSPS) is 10.8. The van der Waals surface area contributed by atoms with Crippen LogP contribution in [-0.4, -0.2) is 5.75 Å². The van der Waals surface area contributed by atoms with Crippen molar-refractivity contribution in [1.29, 1.82) is 0 Å². The lowest BCUT2D eigenvalue weighted by molar-refractivity contribution is -0.137. The van der Waals surface area contributed by atoms with E-state index in [1.54, 1.807) is 0 Å². The van der Waals surface area contributed by atoms with Gasteiger partial charge in [-0.15, -0.1) is 0 Å². The van der Waals surface area contributed by atoms with E-state index in [4.69, 9.17) is 0 Å². The lowest BCUT2D eigenvalue weighted by Gasteiger charge is -2.06. The van der Waals surface area contributed by atoms with Gasteiger partial charge in [0.2, 0.25) is 0 Å². The van der Waals surface area contributed by atoms with Crippen LogP contribution in [0.25, 0.3) is 0 Å². The van der Waals surface area contributed by atoms with E-state index in [0.29, 0.717) is 18.2 Å². The lowest BCUT2D eigenvalue weighted by Crippen LogP contribution is -2.05. The molecule has 1 aromatic rings. The van der Waals surface area contributed by atoms with Crippen molar-refractivity contribution >= 4 is 12.6 Å². The summed E-state index contributed by atoms with van der Waals surface area (Å²) < 4.78 is 49.8. The molecule has 0 fully saturated rings. The Balaban J connectivity index is 3.05. The number of rotatable bonds is 1. The van der Waals surface area contributed by atoms with Crippen molar-refractivity contribution in [3.63, 3.8) is 0 Å². The molecule has 0 atom stereocenters. The SMILES string of the molecule is Fc1cc(C#CCCS)cc(C(F)(F)F)c1. The van der Waals surface area contributed by atoms with Gasteiger partial charge in [-0.05, 0) is 18.2 Å². The Morgan fingerprint density at radius 2 is 1.88 bits per heavy atom. The second kappa shape index (κ2) is 5.26. The second-order valence-electron chi connectivity index (χ2n) is 3.00. The first-order valence-corrected chi connectivity index (χ1v) is 5.04. The van der Waals surface area contributed by atoms with Crippen molar-refractivity contribution in [3.8, 4) is 11.8 Å². The Labute approximate surface area is 96.1 Å². The highest BCUT2D eigenvalue weighted by atomic mass is 32.1. The van der Waals surface area contributed by atoms with E-state index in [-0.39, 0.29) is 5.56 Å². The van der Waals surface area contributed by atoms with Crippen molar-refractivity contribution in [1.82, 2.24) is 0 Å². The van der Waals surface area contributed by atoms with Crippen LogP contribution >= 0.6 is 12.6 Å². The highest BCUT2D eigenvalue weighted by molar-refractivity contribution is 7.80. The lowest BCUT2D eigenvalue weighted by atomic mass is 10.1. The summed E-state index contributed by atoms with van der Waals surface area (Å²) in [5.41, 5.74) is -1.00. The topological polar surface area (TPSA) is 0 Å². The summed E-state index contributed by atoms with van der Waals surface area (Å²) in [7, 11) is 0. The maximum absolute atomic E-state index is 12.9. The molecule has 0 amide bonds. The van der Waals surface area contributed by atoms with Crippen LogP contribution in [0.1, 0.15) is 17.5 Å². The monoisotopic (exact) mass is 248 g/mol. The zero-order chi connectivity index (χ0) is 12.2. The number of alkyl halides is 3. The largest absolute Gasteiger partial charge is 0.416 e. The van der Waals surface area contributed by atoms with E-state index in [9.17, 15) is 17.6 Å². The van der Waals surface area contributed by atoms with Gasteiger partial charge in [0.25, 0.3) is 0 Å². The van der Waals surface area contributed by atoms with Crippen molar-refractivity contribution in [2.24, 2.45) is 0 Å². The molecule has 86 valence electrons. The first kappa shape index (κ1) is 12.9. The van der Waals surface area contributed by atoms with Crippen molar-refractivity contribution < 1.29 is 17.6 Å². The third kappa shape index (κ3) is 3.78. The Hall–Kier alpha value is -1.15. The number of hydrogen-bond donors (Lipinski definition) is 1. The Morgan fingerprint density at radius 3 is 2.44 bits per heavy atom. The molecule has 0 aliphatic carbocycles. The smallest absolute Gasteiger partial charge is 0.207 e. The molecule has 0 unspecified atom stereocenters. The first-order chi connectivity index (χ1) is 7.43. The zero-order valence-corrected chi connectivity index (χ0v) is 9.00. The van der Waals surface area contributed by atoms with Gasteiger partial charge in [-0.1, -0.05) is 11.8 Å². The van der Waals surface area contributed by atoms with E-state index >= 15 is 0 Å². The molecule has 0 aromatic heterocycles. The average molecular weight is 248 g/mol. The van der Waals surface area contributed by atoms with Gasteiger partial charge in [0.15, 0.2) is 0 Å². The minimum Gasteiger partial charge on any atom is -0.207 e. The molecule has 0 bridgehead atoms. The van der Waals surface area contributed by atoms with Crippen LogP contribution in [0.2, 0.25) is 0 Å². The van der Waals surface area contributed by atoms with E-state index < -0.39 is 17.6 Å². The predicted molar refractivity (Wildman–Crippen MR) is 56.8 cm³/mol. The van der Waals surface area contributed by atoms with Crippen LogP contribution in [0.5, 0.6) is 0 Å². The molecule has 0 N–H and O–H groups in total. The summed E-state index contributed by atoms with van der Waals surface area (Å²) in [5.74, 6) is 4.63. The number of benzene rings is 1. The summed E-state index contributed by atoms with van der Waals surface area (Å²) in [5, 5.41) is 0. The van der Waals surface area contributed by atoms with Crippen molar-refractivity contribution in [2.75, 3.05) is 5.75 Å². The fraction of sp³-hybridized carbons (Fsp3) is 0.273. The third-order valence-corrected chi connectivity index (χ3v) is 1.92. The van der Waals surface area contributed by atoms with Gasteiger partial charge in [0, 0.05) is 17.7 Å². The van der Waals surface area contributed by atoms with Gasteiger partial charge < -0.3 is 0 Å². The Morgan fingerprint density at radius 1 is 1.19 bits per heavy atom. The summed E-state index contributed by atoms with van der Waals surface area (Å²) in [6.07, 6.45) is -4.11. The maximum atomic E-state index is 12.9. The number of hydrogen-bond acceptors (Lipinski definition) is 1. The second-order valence-corrected chi connectivity index (χ2v) is 3.45. The molecule has 1 rings (SSSR count). The molecule has 16 heavy (non-hydrogen) atoms. The van der Waals surface area contributed by atoms with Crippen LogP contribution in [-0.2, 0) is 6.18 Å². The van der Waals surface area contributed by atoms with Crippen LogP contribution in [0.15, 0.2) is 18.2 Å². The van der Waals surface area contributed by atoms with Crippen molar-refractivity contribution in [2.45, 2.75) is 12.6 Å². The van der Waals surface area contributed by atoms with Crippen LogP contribution in [0.3, 0.4) is 0 Å². The van der Waals surface area contributed by atoms with Gasteiger partial charge in [-0.2, -0.15) is 25.8 Å². The Bertz CT molecular complexity index is 426. The molecular weight excluding hydrogens is 240 g/mol. The van der Waals surface area contributed by atoms with E-state index in [1.807, 2.05) is 0 Å². The summed E-state index contributed by atoms with van der Waals surface area (Å²) in [4.78, 5) is 0. The van der Waals surface area contributed by atoms with Crippen LogP contribution < -0.4 is 0 Å². The van der Waals surface area contributed by atoms with E-state index in [2.05, 4.69) is 24.5 Å². The fourth-order valence-electron chi connectivity index (χ4n) is 1.05. The minimum absolute atomic E-state index is 0.0223. The highest BCUT2D eigenvalue weighted by Gasteiger charge is 2.31. The first-order valence-electron chi connectivity index (χ1n) is 4.41. The number of thiol groups is 1. The van der Waals surface area contributed by atoms with Gasteiger partial charge in [-0.3, -0.25) is 0 Å². The summed E-state index contributed by atoms with van der Waals surface area (Å²) in [6.45, 7) is 0. The Kier molecular flexibility index (Phi) is 4.25. The standard InChI is InChI=1S/C11H8F4S/c12-10-6-8(3-1-2-4-16)5-9(7-10)11(13,14)15/h5-7,16H,2,4H2. The van der Waals surface area contributed by atoms with Crippen molar-refractivity contribution in [3.05, 3.63) is 35.1 Å². The van der Waals surface area contributed by atoms with E-state index in [1.165, 1.54) is 0 Å². The molecule has 0 saturated heterocycles. The molecule has 5 heteroatoms. The van der Waals surface area contributed by atoms with Gasteiger partial charge in [-0.25, -0.2) is 4.39 Å². The zero-order valence-electron chi connectivity index (χ0n) is 8.11. The molecule has 0 radical (unpaired) electrons. The molecule has 1 aromatic carbocycles. The fourth-order valence-corrected chi connectivity index (χ4v) is 1.16. The summed E-state index contributed by atoms with van der Waals surface area (Å²) in [6, 6.07) is 2.25. The quantitative estimate of drug-likeness (QED) is 0.439. The van der Waals surface area contributed by atoms with E-state index in [0.717, 1.165) is 12.1 Å². The molecule has 0 spiro atoms. The molecule has 0 heterocycles. The third-order valence-electron chi connectivity index (χ3n) is 1.69. The molecule has 0 nitrogen and oxygen atoms in total. The molecular formula is C11H8F4S. The molecule has 0 aliphatic rings. The molecule has 0 aliphatic heterocycles. The summed E-state index contributed by atoms with van der Waals surface area (Å²) >= 11 is 3.90. The van der Waals surface area contributed by atoms with Gasteiger partial charge >= 0.3 is 6.18 Å². The molecule has 0 saturated carbocycles. The predicted octanol–water partition coefficient (Wildman–Crippen LogP) is 3.52.